The Morgan fingerprint density at radius 2 is 1.97 bits per heavy atom. The molecule has 0 saturated carbocycles. The molecule has 3 aromatic rings. The molecule has 0 bridgehead atoms. The van der Waals surface area contributed by atoms with Crippen molar-refractivity contribution in [2.45, 2.75) is 6.92 Å². The number of benzene rings is 2. The van der Waals surface area contributed by atoms with Crippen LogP contribution < -0.4 is 19.7 Å². The van der Waals surface area contributed by atoms with Crippen LogP contribution in [0, 0.1) is 6.92 Å². The molecule has 0 fully saturated rings. The van der Waals surface area contributed by atoms with Crippen LogP contribution in [-0.2, 0) is 9.59 Å². The number of carbonyl (C=O) groups is 2. The normalized spacial score (nSPS) is 15.5. The number of nitrogens with one attached hydrogen (secondary N) is 1. The number of hydrogen-bond donors (Lipinski definition) is 1. The van der Waals surface area contributed by atoms with Crippen molar-refractivity contribution in [3.63, 3.8) is 0 Å². The van der Waals surface area contributed by atoms with Gasteiger partial charge >= 0.3 is 0 Å². The molecule has 176 valence electrons. The predicted octanol–water partition coefficient (Wildman–Crippen LogP) is 4.89. The minimum atomic E-state index is -0.294. The highest BCUT2D eigenvalue weighted by Crippen LogP contribution is 2.34. The number of anilines is 2. The van der Waals surface area contributed by atoms with Crippen molar-refractivity contribution in [3.8, 4) is 11.5 Å². The number of carbonyl (C=O) groups excluding carboxylic acids is 2. The number of nitrogens with zero attached hydrogens (tertiary/aromatic N) is 3. The van der Waals surface area contributed by atoms with Crippen molar-refractivity contribution in [2.24, 2.45) is 4.99 Å². The first-order valence-electron chi connectivity index (χ1n) is 10.6. The molecule has 2 aliphatic heterocycles. The van der Waals surface area contributed by atoms with Gasteiger partial charge in [-0.25, -0.2) is 9.98 Å². The molecule has 0 unspecified atom stereocenters. The van der Waals surface area contributed by atoms with Crippen LogP contribution in [-0.4, -0.2) is 34.5 Å². The van der Waals surface area contributed by atoms with Gasteiger partial charge in [0.2, 0.25) is 12.7 Å². The van der Waals surface area contributed by atoms with Crippen LogP contribution >= 0.6 is 23.4 Å². The second-order valence-corrected chi connectivity index (χ2v) is 8.99. The van der Waals surface area contributed by atoms with Gasteiger partial charge in [0.25, 0.3) is 5.91 Å². The van der Waals surface area contributed by atoms with E-state index in [1.165, 1.54) is 4.90 Å². The summed E-state index contributed by atoms with van der Waals surface area (Å²) in [6.07, 6.45) is 3.23. The van der Waals surface area contributed by atoms with E-state index >= 15 is 0 Å². The molecule has 1 aromatic heterocycles. The lowest BCUT2D eigenvalue weighted by Crippen LogP contribution is -2.31. The smallest absolute Gasteiger partial charge is 0.283 e. The first-order valence-corrected chi connectivity index (χ1v) is 12.0. The molecule has 0 spiro atoms. The highest BCUT2D eigenvalue weighted by atomic mass is 35.5. The molecule has 0 aliphatic carbocycles. The van der Waals surface area contributed by atoms with E-state index in [1.807, 2.05) is 37.3 Å². The Bertz CT molecular complexity index is 1370. The molecule has 35 heavy (non-hydrogen) atoms. The van der Waals surface area contributed by atoms with E-state index in [-0.39, 0.29) is 35.2 Å². The van der Waals surface area contributed by atoms with Gasteiger partial charge in [-0.05, 0) is 55.0 Å². The maximum Gasteiger partial charge on any atom is 0.283 e. The van der Waals surface area contributed by atoms with E-state index < -0.39 is 0 Å². The van der Waals surface area contributed by atoms with Crippen LogP contribution in [0.15, 0.2) is 71.5 Å². The molecular formula is C25H19ClN4O4S. The molecule has 0 atom stereocenters. The van der Waals surface area contributed by atoms with Gasteiger partial charge in [0.1, 0.15) is 5.70 Å². The number of pyridine rings is 1. The summed E-state index contributed by atoms with van der Waals surface area (Å²) in [4.78, 5) is 35.9. The molecular weight excluding hydrogens is 488 g/mol. The average Bonchev–Trinajstić information content (AvgIpc) is 3.44. The van der Waals surface area contributed by atoms with Crippen LogP contribution in [0.25, 0.3) is 6.08 Å². The number of fused-ring (bicyclic) bond motifs is 1. The Morgan fingerprint density at radius 1 is 1.17 bits per heavy atom. The van der Waals surface area contributed by atoms with E-state index in [1.54, 1.807) is 36.5 Å². The van der Waals surface area contributed by atoms with E-state index in [4.69, 9.17) is 21.1 Å². The number of aryl methyl sites for hydroxylation is 1. The lowest BCUT2D eigenvalue weighted by atomic mass is 10.1. The summed E-state index contributed by atoms with van der Waals surface area (Å²) < 4.78 is 10.8. The average molecular weight is 507 g/mol. The lowest BCUT2D eigenvalue weighted by molar-refractivity contribution is -0.114. The van der Waals surface area contributed by atoms with E-state index in [0.29, 0.717) is 28.0 Å². The van der Waals surface area contributed by atoms with Gasteiger partial charge in [-0.3, -0.25) is 14.5 Å². The van der Waals surface area contributed by atoms with Crippen LogP contribution in [0.4, 0.5) is 11.4 Å². The van der Waals surface area contributed by atoms with Gasteiger partial charge in [-0.2, -0.15) is 0 Å². The monoisotopic (exact) mass is 506 g/mol. The van der Waals surface area contributed by atoms with Crippen LogP contribution in [0.2, 0.25) is 5.15 Å². The molecule has 2 aromatic carbocycles. The fourth-order valence-corrected chi connectivity index (χ4v) is 4.45. The third kappa shape index (κ3) is 5.01. The molecule has 0 saturated heterocycles. The maximum atomic E-state index is 13.4. The van der Waals surface area contributed by atoms with Crippen molar-refractivity contribution in [1.82, 2.24) is 4.98 Å². The summed E-state index contributed by atoms with van der Waals surface area (Å²) in [5, 5.41) is 3.33. The number of rotatable bonds is 5. The molecule has 10 heteroatoms. The Balaban J connectivity index is 1.39. The predicted molar refractivity (Wildman–Crippen MR) is 137 cm³/mol. The SMILES string of the molecule is Cc1ccc(N2C(=O)/C(=C\c3ccc4c(c3)OCO4)N=C2SCC(=O)Nc2cccnc2Cl)cc1. The quantitative estimate of drug-likeness (QED) is 0.391. The summed E-state index contributed by atoms with van der Waals surface area (Å²) in [5.74, 6) is 0.716. The van der Waals surface area contributed by atoms with Gasteiger partial charge in [-0.1, -0.05) is 47.1 Å². The van der Waals surface area contributed by atoms with E-state index in [0.717, 1.165) is 22.9 Å². The lowest BCUT2D eigenvalue weighted by Gasteiger charge is -2.18. The van der Waals surface area contributed by atoms with Crippen molar-refractivity contribution in [2.75, 3.05) is 22.8 Å². The number of hydrogen-bond acceptors (Lipinski definition) is 7. The molecule has 2 aliphatic rings. The molecule has 2 amide bonds. The summed E-state index contributed by atoms with van der Waals surface area (Å²) in [5.41, 5.74) is 3.15. The fraction of sp³-hybridized carbons (Fsp3) is 0.120. The Kier molecular flexibility index (Phi) is 6.43. The first kappa shape index (κ1) is 22.9. The van der Waals surface area contributed by atoms with Crippen molar-refractivity contribution < 1.29 is 19.1 Å². The van der Waals surface area contributed by atoms with Crippen LogP contribution in [0.3, 0.4) is 0 Å². The number of amides is 2. The zero-order valence-corrected chi connectivity index (χ0v) is 20.1. The standard InChI is InChI=1S/C25H19ClN4O4S/c1-15-4-7-17(8-5-15)30-24(32)19(11-16-6-9-20-21(12-16)34-14-33-20)29-25(30)35-13-22(31)28-18-3-2-10-27-23(18)26/h2-12H,13-14H2,1H3,(H,28,31)/b19-11+. The number of thioether (sulfide) groups is 1. The summed E-state index contributed by atoms with van der Waals surface area (Å²) in [6.45, 7) is 2.14. The van der Waals surface area contributed by atoms with Gasteiger partial charge in [0, 0.05) is 6.20 Å². The topological polar surface area (TPSA) is 93.1 Å². The maximum absolute atomic E-state index is 13.4. The van der Waals surface area contributed by atoms with Crippen LogP contribution in [0.5, 0.6) is 11.5 Å². The molecule has 1 N–H and O–H groups in total. The van der Waals surface area contributed by atoms with Gasteiger partial charge in [-0.15, -0.1) is 0 Å². The number of halogens is 1. The van der Waals surface area contributed by atoms with Gasteiger partial charge in [0.15, 0.2) is 21.8 Å². The minimum absolute atomic E-state index is 0.0248. The number of aromatic nitrogens is 1. The second kappa shape index (κ2) is 9.81. The fourth-order valence-electron chi connectivity index (χ4n) is 3.47. The Labute approximate surface area is 210 Å². The zero-order valence-electron chi connectivity index (χ0n) is 18.5. The van der Waals surface area contributed by atoms with Crippen molar-refractivity contribution in [1.29, 1.82) is 0 Å². The van der Waals surface area contributed by atoms with Gasteiger partial charge < -0.3 is 14.8 Å². The van der Waals surface area contributed by atoms with E-state index in [2.05, 4.69) is 15.3 Å². The van der Waals surface area contributed by atoms with Crippen molar-refractivity contribution in [3.05, 3.63) is 82.8 Å². The first-order chi connectivity index (χ1) is 17.0. The molecule has 3 heterocycles. The third-order valence-corrected chi connectivity index (χ3v) is 6.43. The Morgan fingerprint density at radius 3 is 2.77 bits per heavy atom. The van der Waals surface area contributed by atoms with Gasteiger partial charge in [0.05, 0.1) is 17.1 Å². The number of amidine groups is 1. The summed E-state index contributed by atoms with van der Waals surface area (Å²) >= 11 is 7.19. The molecule has 5 rings (SSSR count). The van der Waals surface area contributed by atoms with E-state index in [9.17, 15) is 9.59 Å². The summed E-state index contributed by atoms with van der Waals surface area (Å²) in [7, 11) is 0. The largest absolute Gasteiger partial charge is 0.454 e. The van der Waals surface area contributed by atoms with Crippen molar-refractivity contribution >= 4 is 57.8 Å². The van der Waals surface area contributed by atoms with Crippen LogP contribution in [0.1, 0.15) is 11.1 Å². The number of ether oxygens (including phenoxy) is 2. The minimum Gasteiger partial charge on any atom is -0.454 e. The Hall–Kier alpha value is -3.82. The zero-order chi connectivity index (χ0) is 24.4. The highest BCUT2D eigenvalue weighted by molar-refractivity contribution is 8.14. The molecule has 8 nitrogen and oxygen atoms in total. The third-order valence-electron chi connectivity index (χ3n) is 5.19. The summed E-state index contributed by atoms with van der Waals surface area (Å²) in [6, 6.07) is 16.3. The molecule has 0 radical (unpaired) electrons. The second-order valence-electron chi connectivity index (χ2n) is 7.69. The highest BCUT2D eigenvalue weighted by Gasteiger charge is 2.32. The number of aliphatic imine (C=N–C) groups is 1.